The van der Waals surface area contributed by atoms with E-state index >= 15 is 0 Å². The minimum Gasteiger partial charge on any atom is -0.479 e. The van der Waals surface area contributed by atoms with E-state index in [4.69, 9.17) is 21.4 Å². The molecule has 0 radical (unpaired) electrons. The summed E-state index contributed by atoms with van der Waals surface area (Å²) in [4.78, 5) is 50.5. The second-order valence-corrected chi connectivity index (χ2v) is 8.61. The molecule has 2 saturated heterocycles. The van der Waals surface area contributed by atoms with E-state index < -0.39 is 23.7 Å². The molecular formula is C18H16BrClN2O6S. The molecule has 0 aromatic heterocycles. The number of likely N-dealkylation sites (tertiary alicyclic amines) is 1. The van der Waals surface area contributed by atoms with Crippen molar-refractivity contribution in [3.8, 4) is 5.75 Å². The lowest BCUT2D eigenvalue weighted by molar-refractivity contribution is -0.139. The molecule has 29 heavy (non-hydrogen) atoms. The summed E-state index contributed by atoms with van der Waals surface area (Å²) in [5.74, 6) is -1.76. The fraction of sp³-hybridized carbons (Fsp3) is 0.333. The maximum atomic E-state index is 12.6. The first kappa shape index (κ1) is 21.7. The monoisotopic (exact) mass is 502 g/mol. The second kappa shape index (κ2) is 9.19. The summed E-state index contributed by atoms with van der Waals surface area (Å²) in [6.07, 6.45) is 3.34. The smallest absolute Gasteiger partial charge is 0.341 e. The van der Waals surface area contributed by atoms with Gasteiger partial charge in [0, 0.05) is 13.1 Å². The number of rotatable bonds is 6. The molecule has 0 saturated carbocycles. The third-order valence-corrected chi connectivity index (χ3v) is 6.06. The van der Waals surface area contributed by atoms with Gasteiger partial charge < -0.3 is 14.7 Å². The Kier molecular flexibility index (Phi) is 6.86. The second-order valence-electron chi connectivity index (χ2n) is 6.35. The van der Waals surface area contributed by atoms with E-state index in [1.54, 1.807) is 11.0 Å². The molecule has 1 aromatic rings. The molecule has 1 aromatic carbocycles. The fourth-order valence-electron chi connectivity index (χ4n) is 2.92. The number of benzene rings is 1. The Labute approximate surface area is 183 Å². The third kappa shape index (κ3) is 5.12. The zero-order valence-corrected chi connectivity index (χ0v) is 18.2. The standard InChI is InChI=1S/C18H16BrClN2O6S/c19-11-5-10(6-12(20)16(11)28-9-15(24)25)7-13-17(26)22(18(27)29-13)8-14(23)21-3-1-2-4-21/h5-7H,1-4,8-9H2,(H,24,25)/b13-7+. The quantitative estimate of drug-likeness (QED) is 0.594. The van der Waals surface area contributed by atoms with Gasteiger partial charge in [-0.05, 0) is 64.3 Å². The van der Waals surface area contributed by atoms with Gasteiger partial charge in [-0.25, -0.2) is 4.79 Å². The summed E-state index contributed by atoms with van der Waals surface area (Å²) in [5.41, 5.74) is 0.515. The van der Waals surface area contributed by atoms with Gasteiger partial charge in [-0.15, -0.1) is 0 Å². The molecule has 1 N–H and O–H groups in total. The summed E-state index contributed by atoms with van der Waals surface area (Å²) >= 11 is 10.1. The van der Waals surface area contributed by atoms with E-state index in [-0.39, 0.29) is 28.1 Å². The van der Waals surface area contributed by atoms with Crippen molar-refractivity contribution in [1.29, 1.82) is 0 Å². The van der Waals surface area contributed by atoms with Gasteiger partial charge in [-0.3, -0.25) is 19.3 Å². The predicted molar refractivity (Wildman–Crippen MR) is 111 cm³/mol. The van der Waals surface area contributed by atoms with Crippen molar-refractivity contribution in [3.63, 3.8) is 0 Å². The number of nitrogens with zero attached hydrogens (tertiary/aromatic N) is 2. The number of aliphatic carboxylic acids is 1. The summed E-state index contributed by atoms with van der Waals surface area (Å²) in [7, 11) is 0. The molecule has 8 nitrogen and oxygen atoms in total. The Hall–Kier alpha value is -2.04. The Bertz CT molecular complexity index is 893. The van der Waals surface area contributed by atoms with E-state index in [9.17, 15) is 19.2 Å². The number of hydrogen-bond donors (Lipinski definition) is 1. The van der Waals surface area contributed by atoms with Gasteiger partial charge >= 0.3 is 5.97 Å². The van der Waals surface area contributed by atoms with Crippen LogP contribution in [-0.2, 0) is 14.4 Å². The lowest BCUT2D eigenvalue weighted by atomic mass is 10.2. The Balaban J connectivity index is 1.75. The molecule has 154 valence electrons. The van der Waals surface area contributed by atoms with Crippen molar-refractivity contribution in [1.82, 2.24) is 9.80 Å². The van der Waals surface area contributed by atoms with Gasteiger partial charge in [0.2, 0.25) is 5.91 Å². The van der Waals surface area contributed by atoms with E-state index in [2.05, 4.69) is 15.9 Å². The summed E-state index contributed by atoms with van der Waals surface area (Å²) in [5, 5.41) is 8.36. The molecule has 2 fully saturated rings. The Morgan fingerprint density at radius 3 is 2.59 bits per heavy atom. The number of carboxylic acids is 1. The minimum atomic E-state index is -1.14. The third-order valence-electron chi connectivity index (χ3n) is 4.28. The van der Waals surface area contributed by atoms with Crippen molar-refractivity contribution in [2.45, 2.75) is 12.8 Å². The van der Waals surface area contributed by atoms with Crippen LogP contribution < -0.4 is 4.74 Å². The topological polar surface area (TPSA) is 104 Å². The highest BCUT2D eigenvalue weighted by Crippen LogP contribution is 2.37. The van der Waals surface area contributed by atoms with E-state index in [0.717, 1.165) is 29.5 Å². The van der Waals surface area contributed by atoms with E-state index in [1.807, 2.05) is 0 Å². The number of carbonyl (C=O) groups is 4. The molecule has 11 heteroatoms. The van der Waals surface area contributed by atoms with Gasteiger partial charge in [0.25, 0.3) is 11.1 Å². The number of carbonyl (C=O) groups excluding carboxylic acids is 3. The molecule has 3 amide bonds. The first-order valence-electron chi connectivity index (χ1n) is 8.63. The van der Waals surface area contributed by atoms with Crippen LogP contribution in [0.5, 0.6) is 5.75 Å². The molecule has 0 spiro atoms. The average molecular weight is 504 g/mol. The molecule has 0 bridgehead atoms. The van der Waals surface area contributed by atoms with Crippen LogP contribution in [0.15, 0.2) is 21.5 Å². The van der Waals surface area contributed by atoms with Crippen LogP contribution in [0.1, 0.15) is 18.4 Å². The number of halogens is 2. The first-order valence-corrected chi connectivity index (χ1v) is 10.6. The number of thioether (sulfide) groups is 1. The SMILES string of the molecule is O=C(O)COc1c(Cl)cc(/C=C2/SC(=O)N(CC(=O)N3CCCC3)C2=O)cc1Br. The van der Waals surface area contributed by atoms with Crippen LogP contribution in [0.3, 0.4) is 0 Å². The Morgan fingerprint density at radius 1 is 1.28 bits per heavy atom. The zero-order chi connectivity index (χ0) is 21.1. The first-order chi connectivity index (χ1) is 13.8. The number of amides is 3. The van der Waals surface area contributed by atoms with E-state index in [1.165, 1.54) is 12.1 Å². The van der Waals surface area contributed by atoms with Crippen LogP contribution in [0.4, 0.5) is 4.79 Å². The van der Waals surface area contributed by atoms with Gasteiger partial charge in [0.05, 0.1) is 14.4 Å². The van der Waals surface area contributed by atoms with Gasteiger partial charge in [0.15, 0.2) is 12.4 Å². The van der Waals surface area contributed by atoms with Gasteiger partial charge in [-0.2, -0.15) is 0 Å². The van der Waals surface area contributed by atoms with E-state index in [0.29, 0.717) is 23.1 Å². The van der Waals surface area contributed by atoms with Crippen molar-refractivity contribution in [2.75, 3.05) is 26.2 Å². The number of carboxylic acid groups (broad SMARTS) is 1. The van der Waals surface area contributed by atoms with Crippen LogP contribution >= 0.6 is 39.3 Å². The maximum Gasteiger partial charge on any atom is 0.341 e. The number of hydrogen-bond acceptors (Lipinski definition) is 6. The summed E-state index contributed by atoms with van der Waals surface area (Å²) in [6.45, 7) is 0.470. The van der Waals surface area contributed by atoms with Crippen molar-refractivity contribution in [3.05, 3.63) is 32.1 Å². The number of imide groups is 1. The number of ether oxygens (including phenoxy) is 1. The Morgan fingerprint density at radius 2 is 1.97 bits per heavy atom. The maximum absolute atomic E-state index is 12.6. The van der Waals surface area contributed by atoms with Gasteiger partial charge in [0.1, 0.15) is 6.54 Å². The van der Waals surface area contributed by atoms with Crippen molar-refractivity contribution >= 4 is 68.4 Å². The van der Waals surface area contributed by atoms with Gasteiger partial charge in [-0.1, -0.05) is 11.6 Å². The zero-order valence-electron chi connectivity index (χ0n) is 15.0. The molecular weight excluding hydrogens is 488 g/mol. The molecule has 2 aliphatic heterocycles. The average Bonchev–Trinajstić information content (AvgIpc) is 3.26. The highest BCUT2D eigenvalue weighted by Gasteiger charge is 2.37. The lowest BCUT2D eigenvalue weighted by Gasteiger charge is -2.18. The molecule has 2 aliphatic rings. The minimum absolute atomic E-state index is 0.148. The highest BCUT2D eigenvalue weighted by molar-refractivity contribution is 9.10. The lowest BCUT2D eigenvalue weighted by Crippen LogP contribution is -2.40. The van der Waals surface area contributed by atoms with Crippen LogP contribution in [0.2, 0.25) is 5.02 Å². The van der Waals surface area contributed by atoms with Crippen LogP contribution in [0, 0.1) is 0 Å². The molecule has 0 unspecified atom stereocenters. The summed E-state index contributed by atoms with van der Waals surface area (Å²) in [6, 6.07) is 3.08. The molecule has 3 rings (SSSR count). The molecule has 0 atom stereocenters. The van der Waals surface area contributed by atoms with Crippen molar-refractivity contribution in [2.24, 2.45) is 0 Å². The predicted octanol–water partition coefficient (Wildman–Crippen LogP) is 3.22. The van der Waals surface area contributed by atoms with Crippen LogP contribution in [0.25, 0.3) is 6.08 Å². The largest absolute Gasteiger partial charge is 0.479 e. The normalized spacial score (nSPS) is 18.1. The summed E-state index contributed by atoms with van der Waals surface area (Å²) < 4.78 is 5.53. The highest BCUT2D eigenvalue weighted by atomic mass is 79.9. The molecule has 2 heterocycles. The molecule has 0 aliphatic carbocycles. The van der Waals surface area contributed by atoms with Crippen molar-refractivity contribution < 1.29 is 29.0 Å². The van der Waals surface area contributed by atoms with Crippen LogP contribution in [-0.4, -0.2) is 64.2 Å². The fourth-order valence-corrected chi connectivity index (χ4v) is 4.75.